The third kappa shape index (κ3) is 17.6. The first kappa shape index (κ1) is 26.1. The first-order valence-corrected chi connectivity index (χ1v) is 13.1. The lowest BCUT2D eigenvalue weighted by atomic mass is 10.1. The van der Waals surface area contributed by atoms with Crippen LogP contribution in [0.5, 0.6) is 0 Å². The number of hydrogen-bond donors (Lipinski definition) is 0. The van der Waals surface area contributed by atoms with Crippen molar-refractivity contribution in [2.75, 3.05) is 19.4 Å². The van der Waals surface area contributed by atoms with Crippen LogP contribution < -0.4 is 0 Å². The van der Waals surface area contributed by atoms with E-state index in [1.807, 2.05) is 0 Å². The third-order valence-electron chi connectivity index (χ3n) is 4.79. The van der Waals surface area contributed by atoms with Crippen molar-refractivity contribution in [2.24, 2.45) is 5.92 Å². The Kier molecular flexibility index (Phi) is 18.6. The highest BCUT2D eigenvalue weighted by Crippen LogP contribution is 2.49. The second-order valence-electron chi connectivity index (χ2n) is 8.07. The zero-order chi connectivity index (χ0) is 19.5. The summed E-state index contributed by atoms with van der Waals surface area (Å²) in [5, 5.41) is 0. The van der Waals surface area contributed by atoms with Crippen molar-refractivity contribution in [1.82, 2.24) is 0 Å². The van der Waals surface area contributed by atoms with Gasteiger partial charge in [-0.15, -0.1) is 0 Å². The molecule has 0 saturated carbocycles. The van der Waals surface area contributed by atoms with Crippen LogP contribution in [0.2, 0.25) is 0 Å². The van der Waals surface area contributed by atoms with Gasteiger partial charge in [0.05, 0.1) is 19.4 Å². The van der Waals surface area contributed by atoms with Crippen molar-refractivity contribution in [3.8, 4) is 0 Å². The molecule has 4 heteroatoms. The molecule has 0 heterocycles. The average Bonchev–Trinajstić information content (AvgIpc) is 2.62. The lowest BCUT2D eigenvalue weighted by molar-refractivity contribution is 0.195. The van der Waals surface area contributed by atoms with Gasteiger partial charge in [0.2, 0.25) is 0 Å². The van der Waals surface area contributed by atoms with E-state index in [-0.39, 0.29) is 0 Å². The molecule has 0 amide bonds. The van der Waals surface area contributed by atoms with Crippen LogP contribution in [0.15, 0.2) is 0 Å². The molecule has 0 radical (unpaired) electrons. The van der Waals surface area contributed by atoms with Crippen LogP contribution in [0.25, 0.3) is 0 Å². The van der Waals surface area contributed by atoms with E-state index in [0.717, 1.165) is 32.1 Å². The van der Waals surface area contributed by atoms with E-state index in [2.05, 4.69) is 27.7 Å². The highest BCUT2D eigenvalue weighted by Gasteiger charge is 2.23. The van der Waals surface area contributed by atoms with Crippen LogP contribution >= 0.6 is 7.60 Å². The molecule has 0 rings (SSSR count). The van der Waals surface area contributed by atoms with Crippen LogP contribution in [0, 0.1) is 5.92 Å². The molecule has 0 aromatic heterocycles. The molecule has 3 nitrogen and oxygen atoms in total. The molecule has 0 N–H and O–H groups in total. The predicted molar refractivity (Wildman–Crippen MR) is 115 cm³/mol. The molecule has 0 aromatic carbocycles. The average molecular weight is 391 g/mol. The first-order valence-electron chi connectivity index (χ1n) is 11.4. The van der Waals surface area contributed by atoms with Crippen molar-refractivity contribution >= 4 is 7.60 Å². The molecule has 0 aliphatic heterocycles. The summed E-state index contributed by atoms with van der Waals surface area (Å²) in [7, 11) is -2.87. The van der Waals surface area contributed by atoms with Crippen molar-refractivity contribution < 1.29 is 13.6 Å². The van der Waals surface area contributed by atoms with E-state index in [9.17, 15) is 4.57 Å². The van der Waals surface area contributed by atoms with Gasteiger partial charge in [0.15, 0.2) is 0 Å². The van der Waals surface area contributed by atoms with Gasteiger partial charge in [0.1, 0.15) is 0 Å². The van der Waals surface area contributed by atoms with E-state index in [4.69, 9.17) is 9.05 Å². The standard InChI is InChI=1S/C22H47O3P/c1-5-7-9-10-11-12-13-14-15-16-19-24-26(23,21-8-6-2)25-20-17-18-22(3)4/h22H,5-21H2,1-4H3. The Morgan fingerprint density at radius 2 is 1.12 bits per heavy atom. The molecule has 26 heavy (non-hydrogen) atoms. The largest absolute Gasteiger partial charge is 0.330 e. The quantitative estimate of drug-likeness (QED) is 0.155. The summed E-state index contributed by atoms with van der Waals surface area (Å²) < 4.78 is 24.3. The number of unbranched alkanes of at least 4 members (excludes halogenated alkanes) is 10. The number of rotatable bonds is 20. The maximum absolute atomic E-state index is 12.8. The summed E-state index contributed by atoms with van der Waals surface area (Å²) in [5.74, 6) is 0.668. The molecule has 1 unspecified atom stereocenters. The predicted octanol–water partition coefficient (Wildman–Crippen LogP) is 8.37. The minimum atomic E-state index is -2.87. The minimum Gasteiger partial charge on any atom is -0.309 e. The van der Waals surface area contributed by atoms with Crippen molar-refractivity contribution in [1.29, 1.82) is 0 Å². The SMILES string of the molecule is CCCCCCCCCCCCOP(=O)(CCCC)OCCCC(C)C. The van der Waals surface area contributed by atoms with Gasteiger partial charge in [-0.25, -0.2) is 0 Å². The van der Waals surface area contributed by atoms with Crippen LogP contribution in [0.3, 0.4) is 0 Å². The molecule has 0 saturated heterocycles. The molecular weight excluding hydrogens is 343 g/mol. The van der Waals surface area contributed by atoms with Gasteiger partial charge in [-0.1, -0.05) is 91.9 Å². The maximum atomic E-state index is 12.8. The molecule has 158 valence electrons. The topological polar surface area (TPSA) is 35.5 Å². The fourth-order valence-corrected chi connectivity index (χ4v) is 4.86. The van der Waals surface area contributed by atoms with Crippen molar-refractivity contribution in [3.63, 3.8) is 0 Å². The fraction of sp³-hybridized carbons (Fsp3) is 1.00. The molecule has 0 bridgehead atoms. The Balaban J connectivity index is 3.74. The summed E-state index contributed by atoms with van der Waals surface area (Å²) >= 11 is 0. The summed E-state index contributed by atoms with van der Waals surface area (Å²) in [6, 6.07) is 0. The lowest BCUT2D eigenvalue weighted by Crippen LogP contribution is -2.04. The Hall–Kier alpha value is 0.150. The molecular formula is C22H47O3P. The molecule has 0 spiro atoms. The van der Waals surface area contributed by atoms with Gasteiger partial charge in [0, 0.05) is 0 Å². The molecule has 1 atom stereocenters. The zero-order valence-corrected chi connectivity index (χ0v) is 19.2. The molecule has 0 aromatic rings. The van der Waals surface area contributed by atoms with Gasteiger partial charge in [-0.05, 0) is 31.6 Å². The monoisotopic (exact) mass is 390 g/mol. The fourth-order valence-electron chi connectivity index (χ4n) is 3.01. The summed E-state index contributed by atoms with van der Waals surface area (Å²) in [6.07, 6.45) is 17.6. The van der Waals surface area contributed by atoms with E-state index >= 15 is 0 Å². The van der Waals surface area contributed by atoms with Gasteiger partial charge >= 0.3 is 7.60 Å². The van der Waals surface area contributed by atoms with Crippen LogP contribution in [0.4, 0.5) is 0 Å². The Morgan fingerprint density at radius 3 is 1.62 bits per heavy atom. The summed E-state index contributed by atoms with van der Waals surface area (Å²) in [6.45, 7) is 9.95. The first-order chi connectivity index (χ1) is 12.5. The highest BCUT2D eigenvalue weighted by molar-refractivity contribution is 7.53. The molecule has 0 aliphatic rings. The smallest absolute Gasteiger partial charge is 0.309 e. The Morgan fingerprint density at radius 1 is 0.654 bits per heavy atom. The maximum Gasteiger partial charge on any atom is 0.330 e. The Bertz CT molecular complexity index is 331. The number of hydrogen-bond acceptors (Lipinski definition) is 3. The Labute approximate surface area is 164 Å². The third-order valence-corrected chi connectivity index (χ3v) is 6.80. The van der Waals surface area contributed by atoms with Crippen molar-refractivity contribution in [3.05, 3.63) is 0 Å². The van der Waals surface area contributed by atoms with E-state index < -0.39 is 7.60 Å². The molecule has 0 fully saturated rings. The normalized spacial score (nSPS) is 14.0. The van der Waals surface area contributed by atoms with Crippen molar-refractivity contribution in [2.45, 2.75) is 118 Å². The summed E-state index contributed by atoms with van der Waals surface area (Å²) in [5.41, 5.74) is 0. The van der Waals surface area contributed by atoms with E-state index in [0.29, 0.717) is 25.3 Å². The summed E-state index contributed by atoms with van der Waals surface area (Å²) in [4.78, 5) is 0. The van der Waals surface area contributed by atoms with Crippen LogP contribution in [-0.4, -0.2) is 19.4 Å². The molecule has 0 aliphatic carbocycles. The van der Waals surface area contributed by atoms with E-state index in [1.165, 1.54) is 57.8 Å². The van der Waals surface area contributed by atoms with Gasteiger partial charge in [-0.2, -0.15) is 0 Å². The van der Waals surface area contributed by atoms with E-state index in [1.54, 1.807) is 0 Å². The van der Waals surface area contributed by atoms with Crippen LogP contribution in [0.1, 0.15) is 118 Å². The van der Waals surface area contributed by atoms with Crippen LogP contribution in [-0.2, 0) is 13.6 Å². The van der Waals surface area contributed by atoms with Gasteiger partial charge < -0.3 is 9.05 Å². The van der Waals surface area contributed by atoms with Gasteiger partial charge in [0.25, 0.3) is 0 Å². The second-order valence-corrected chi connectivity index (χ2v) is 10.3. The minimum absolute atomic E-state index is 0.567. The zero-order valence-electron chi connectivity index (χ0n) is 18.3. The van der Waals surface area contributed by atoms with Gasteiger partial charge in [-0.3, -0.25) is 4.57 Å². The lowest BCUT2D eigenvalue weighted by Gasteiger charge is -2.19. The highest BCUT2D eigenvalue weighted by atomic mass is 31.2. The second kappa shape index (κ2) is 18.5.